The molecule has 1 atom stereocenters. The Kier molecular flexibility index (Phi) is 7.17. The van der Waals surface area contributed by atoms with Crippen LogP contribution >= 0.6 is 11.6 Å². The Morgan fingerprint density at radius 3 is 2.38 bits per heavy atom. The molecule has 0 spiro atoms. The number of hydrogen-bond acceptors (Lipinski definition) is 4. The van der Waals surface area contributed by atoms with E-state index in [0.29, 0.717) is 25.4 Å². The summed E-state index contributed by atoms with van der Waals surface area (Å²) < 4.78 is 5.23. The number of piperazine rings is 1. The number of halogens is 1. The minimum Gasteiger partial charge on any atom is -0.459 e. The minimum atomic E-state index is -0.0620. The molecule has 1 aliphatic rings. The summed E-state index contributed by atoms with van der Waals surface area (Å²) in [6.45, 7) is 3.43. The van der Waals surface area contributed by atoms with Gasteiger partial charge >= 0.3 is 0 Å². The van der Waals surface area contributed by atoms with Crippen molar-refractivity contribution in [3.05, 3.63) is 59.0 Å². The normalized spacial score (nSPS) is 16.2. The number of rotatable bonds is 5. The molecule has 156 valence electrons. The van der Waals surface area contributed by atoms with Gasteiger partial charge in [0.1, 0.15) is 0 Å². The number of aliphatic imine (C=N–C) groups is 1. The second-order valence-electron chi connectivity index (χ2n) is 7.22. The van der Waals surface area contributed by atoms with E-state index in [1.807, 2.05) is 17.0 Å². The van der Waals surface area contributed by atoms with Crippen LogP contribution in [0.15, 0.2) is 52.1 Å². The second-order valence-corrected chi connectivity index (χ2v) is 7.65. The van der Waals surface area contributed by atoms with E-state index in [1.54, 1.807) is 19.2 Å². The van der Waals surface area contributed by atoms with Crippen LogP contribution in [0, 0.1) is 0 Å². The first-order valence-corrected chi connectivity index (χ1v) is 10.1. The van der Waals surface area contributed by atoms with Crippen molar-refractivity contribution in [3.63, 3.8) is 0 Å². The maximum atomic E-state index is 12.4. The van der Waals surface area contributed by atoms with Crippen LogP contribution in [0.4, 0.5) is 0 Å². The number of guanidine groups is 1. The summed E-state index contributed by atoms with van der Waals surface area (Å²) in [5.41, 5.74) is 1.19. The molecule has 3 rings (SSSR count). The summed E-state index contributed by atoms with van der Waals surface area (Å²) in [5.74, 6) is 1.17. The van der Waals surface area contributed by atoms with Gasteiger partial charge in [0, 0.05) is 44.8 Å². The fourth-order valence-corrected chi connectivity index (χ4v) is 3.61. The zero-order valence-electron chi connectivity index (χ0n) is 17.1. The number of benzene rings is 1. The summed E-state index contributed by atoms with van der Waals surface area (Å²) >= 11 is 6.03. The number of nitrogens with one attached hydrogen (secondary N) is 1. The molecule has 29 heavy (non-hydrogen) atoms. The third-order valence-corrected chi connectivity index (χ3v) is 5.39. The van der Waals surface area contributed by atoms with E-state index < -0.39 is 0 Å². The van der Waals surface area contributed by atoms with Crippen molar-refractivity contribution in [3.8, 4) is 0 Å². The maximum absolute atomic E-state index is 12.4. The van der Waals surface area contributed by atoms with Gasteiger partial charge in [-0.15, -0.1) is 0 Å². The standard InChI is InChI=1S/C21H28ClN5O2/c1-23-21(24-15-18(25(2)3)16-6-8-17(22)9-7-16)27-12-10-26(11-13-27)20(28)19-5-4-14-29-19/h4-9,14,18H,10-13,15H2,1-3H3,(H,23,24). The summed E-state index contributed by atoms with van der Waals surface area (Å²) in [4.78, 5) is 23.0. The number of carbonyl (C=O) groups excluding carboxylic acids is 1. The van der Waals surface area contributed by atoms with Gasteiger partial charge in [0.2, 0.25) is 0 Å². The molecule has 1 saturated heterocycles. The largest absolute Gasteiger partial charge is 0.459 e. The zero-order chi connectivity index (χ0) is 20.8. The summed E-state index contributed by atoms with van der Waals surface area (Å²) in [6.07, 6.45) is 1.52. The van der Waals surface area contributed by atoms with Crippen LogP contribution < -0.4 is 5.32 Å². The van der Waals surface area contributed by atoms with Crippen LogP contribution in [0.3, 0.4) is 0 Å². The molecular weight excluding hydrogens is 390 g/mol. The van der Waals surface area contributed by atoms with Crippen molar-refractivity contribution in [2.75, 3.05) is 53.9 Å². The van der Waals surface area contributed by atoms with Gasteiger partial charge in [-0.2, -0.15) is 0 Å². The Bertz CT molecular complexity index is 812. The minimum absolute atomic E-state index is 0.0620. The number of likely N-dealkylation sites (N-methyl/N-ethyl adjacent to an activating group) is 1. The van der Waals surface area contributed by atoms with Crippen LogP contribution in [0.25, 0.3) is 0 Å². The molecule has 1 amide bonds. The molecule has 8 heteroatoms. The van der Waals surface area contributed by atoms with Gasteiger partial charge in [-0.3, -0.25) is 9.79 Å². The van der Waals surface area contributed by atoms with Crippen molar-refractivity contribution < 1.29 is 9.21 Å². The zero-order valence-corrected chi connectivity index (χ0v) is 17.9. The predicted molar refractivity (Wildman–Crippen MR) is 115 cm³/mol. The number of nitrogens with zero attached hydrogens (tertiary/aromatic N) is 4. The first-order chi connectivity index (χ1) is 14.0. The molecule has 1 fully saturated rings. The highest BCUT2D eigenvalue weighted by molar-refractivity contribution is 6.30. The third kappa shape index (κ3) is 5.31. The Balaban J connectivity index is 1.56. The van der Waals surface area contributed by atoms with E-state index in [4.69, 9.17) is 16.0 Å². The SMILES string of the molecule is CN=C(NCC(c1ccc(Cl)cc1)N(C)C)N1CCN(C(=O)c2ccco2)CC1. The van der Waals surface area contributed by atoms with Crippen LogP contribution in [-0.4, -0.2) is 80.4 Å². The summed E-state index contributed by atoms with van der Waals surface area (Å²) in [5, 5.41) is 4.22. The molecule has 0 radical (unpaired) electrons. The van der Waals surface area contributed by atoms with Gasteiger partial charge in [-0.25, -0.2) is 0 Å². The first-order valence-electron chi connectivity index (χ1n) is 9.70. The van der Waals surface area contributed by atoms with Gasteiger partial charge in [0.15, 0.2) is 11.7 Å². The molecule has 0 aliphatic carbocycles. The molecule has 1 aliphatic heterocycles. The van der Waals surface area contributed by atoms with Crippen LogP contribution in [0.2, 0.25) is 5.02 Å². The molecule has 1 aromatic carbocycles. The number of amides is 1. The Hall–Kier alpha value is -2.51. The quantitative estimate of drug-likeness (QED) is 0.598. The van der Waals surface area contributed by atoms with E-state index in [2.05, 4.69) is 46.3 Å². The fourth-order valence-electron chi connectivity index (χ4n) is 3.48. The monoisotopic (exact) mass is 417 g/mol. The maximum Gasteiger partial charge on any atom is 0.289 e. The Morgan fingerprint density at radius 1 is 1.17 bits per heavy atom. The van der Waals surface area contributed by atoms with Crippen LogP contribution in [-0.2, 0) is 0 Å². The van der Waals surface area contributed by atoms with Crippen molar-refractivity contribution >= 4 is 23.5 Å². The van der Waals surface area contributed by atoms with Crippen molar-refractivity contribution in [2.45, 2.75) is 6.04 Å². The first kappa shape index (κ1) is 21.2. The fraction of sp³-hybridized carbons (Fsp3) is 0.429. The third-order valence-electron chi connectivity index (χ3n) is 5.14. The molecule has 1 unspecified atom stereocenters. The average molecular weight is 418 g/mol. The lowest BCUT2D eigenvalue weighted by molar-refractivity contribution is 0.0657. The molecule has 0 bridgehead atoms. The van der Waals surface area contributed by atoms with E-state index in [1.165, 1.54) is 11.8 Å². The predicted octanol–water partition coefficient (Wildman–Crippen LogP) is 2.57. The lowest BCUT2D eigenvalue weighted by Gasteiger charge is -2.37. The molecule has 2 aromatic rings. The number of hydrogen-bond donors (Lipinski definition) is 1. The average Bonchev–Trinajstić information content (AvgIpc) is 3.27. The van der Waals surface area contributed by atoms with Gasteiger partial charge in [-0.05, 0) is 43.9 Å². The molecule has 2 heterocycles. The number of furan rings is 1. The van der Waals surface area contributed by atoms with E-state index in [-0.39, 0.29) is 11.9 Å². The van der Waals surface area contributed by atoms with E-state index >= 15 is 0 Å². The topological polar surface area (TPSA) is 64.3 Å². The Morgan fingerprint density at radius 2 is 1.83 bits per heavy atom. The Labute approximate surface area is 176 Å². The molecule has 7 nitrogen and oxygen atoms in total. The van der Waals surface area contributed by atoms with Gasteiger partial charge in [-0.1, -0.05) is 23.7 Å². The lowest BCUT2D eigenvalue weighted by Crippen LogP contribution is -2.54. The van der Waals surface area contributed by atoms with Gasteiger partial charge in [0.25, 0.3) is 5.91 Å². The van der Waals surface area contributed by atoms with Crippen molar-refractivity contribution in [1.29, 1.82) is 0 Å². The highest BCUT2D eigenvalue weighted by Gasteiger charge is 2.25. The lowest BCUT2D eigenvalue weighted by atomic mass is 10.1. The van der Waals surface area contributed by atoms with Crippen LogP contribution in [0.1, 0.15) is 22.2 Å². The van der Waals surface area contributed by atoms with Gasteiger partial charge in [0.05, 0.1) is 12.3 Å². The second kappa shape index (κ2) is 9.80. The molecular formula is C21H28ClN5O2. The highest BCUT2D eigenvalue weighted by atomic mass is 35.5. The van der Waals surface area contributed by atoms with E-state index in [9.17, 15) is 4.79 Å². The van der Waals surface area contributed by atoms with E-state index in [0.717, 1.165) is 24.1 Å². The highest BCUT2D eigenvalue weighted by Crippen LogP contribution is 2.20. The van der Waals surface area contributed by atoms with Crippen molar-refractivity contribution in [1.82, 2.24) is 20.0 Å². The molecule has 1 N–H and O–H groups in total. The molecule has 0 saturated carbocycles. The summed E-state index contributed by atoms with van der Waals surface area (Å²) in [7, 11) is 5.90. The molecule has 1 aromatic heterocycles. The smallest absolute Gasteiger partial charge is 0.289 e. The number of carbonyl (C=O) groups is 1. The van der Waals surface area contributed by atoms with Crippen molar-refractivity contribution in [2.24, 2.45) is 4.99 Å². The van der Waals surface area contributed by atoms with Gasteiger partial charge < -0.3 is 24.4 Å². The van der Waals surface area contributed by atoms with Crippen LogP contribution in [0.5, 0.6) is 0 Å². The summed E-state index contributed by atoms with van der Waals surface area (Å²) in [6, 6.07) is 11.6.